The van der Waals surface area contributed by atoms with Crippen LogP contribution >= 0.6 is 0 Å². The van der Waals surface area contributed by atoms with Gasteiger partial charge in [-0.15, -0.1) is 0 Å². The lowest BCUT2D eigenvalue weighted by molar-refractivity contribution is 0.0686. The van der Waals surface area contributed by atoms with Crippen LogP contribution in [0.2, 0.25) is 0 Å². The second-order valence-electron chi connectivity index (χ2n) is 13.9. The van der Waals surface area contributed by atoms with Crippen LogP contribution < -0.4 is 10.9 Å². The number of aromatic carboxylic acids is 2. The van der Waals surface area contributed by atoms with Gasteiger partial charge in [0.1, 0.15) is 0 Å². The predicted octanol–water partition coefficient (Wildman–Crippen LogP) is 10.3. The highest BCUT2D eigenvalue weighted by Crippen LogP contribution is 2.28. The summed E-state index contributed by atoms with van der Waals surface area (Å²) in [5.74, 6) is -2.18. The Morgan fingerprint density at radius 2 is 0.780 bits per heavy atom. The number of carbonyl (C=O) groups is 2. The van der Waals surface area contributed by atoms with Gasteiger partial charge in [-0.3, -0.25) is 9.59 Å². The number of fused-ring (bicyclic) bond motifs is 4. The summed E-state index contributed by atoms with van der Waals surface area (Å²) < 4.78 is 4.13. The van der Waals surface area contributed by atoms with E-state index >= 15 is 0 Å². The lowest BCUT2D eigenvalue weighted by Gasteiger charge is -2.19. The fourth-order valence-corrected chi connectivity index (χ4v) is 7.40. The normalized spacial score (nSPS) is 11.7. The standard InChI is InChI=1S/C42H52N2O6/c1-3-5-7-9-11-13-15-17-23-43-35-21-19-29(41(47)48)25-31(35)39(45)33-28-38-34(27-37(33)43)40(46)32-26-30(42(49)50)20-22-36(32)44(38)24-18-16-14-12-10-8-6-4-2/h19-22,25-28H,3-18,23-24H2,1-2H3,(H,47,48)(H,49,50). The van der Waals surface area contributed by atoms with Gasteiger partial charge in [0.15, 0.2) is 10.9 Å². The summed E-state index contributed by atoms with van der Waals surface area (Å²) in [5, 5.41) is 21.1. The number of hydrogen-bond acceptors (Lipinski definition) is 4. The first kappa shape index (κ1) is 36.8. The van der Waals surface area contributed by atoms with E-state index in [1.807, 2.05) is 0 Å². The van der Waals surface area contributed by atoms with Crippen molar-refractivity contribution in [3.05, 3.63) is 80.1 Å². The van der Waals surface area contributed by atoms with Crippen molar-refractivity contribution in [2.45, 2.75) is 130 Å². The highest BCUT2D eigenvalue weighted by Gasteiger charge is 2.19. The van der Waals surface area contributed by atoms with Crippen molar-refractivity contribution >= 4 is 55.6 Å². The smallest absolute Gasteiger partial charge is 0.335 e. The van der Waals surface area contributed by atoms with Crippen LogP contribution in [0, 0.1) is 0 Å². The Hall–Kier alpha value is -4.46. The molecule has 0 atom stereocenters. The zero-order valence-electron chi connectivity index (χ0n) is 29.8. The summed E-state index contributed by atoms with van der Waals surface area (Å²) in [6.07, 6.45) is 18.3. The minimum absolute atomic E-state index is 0.0557. The van der Waals surface area contributed by atoms with E-state index in [-0.39, 0.29) is 22.0 Å². The van der Waals surface area contributed by atoms with Crippen LogP contribution in [0.5, 0.6) is 0 Å². The number of carboxylic acid groups (broad SMARTS) is 2. The van der Waals surface area contributed by atoms with Crippen molar-refractivity contribution in [1.29, 1.82) is 0 Å². The van der Waals surface area contributed by atoms with Gasteiger partial charge < -0.3 is 19.3 Å². The molecular formula is C42H52N2O6. The maximum atomic E-state index is 14.2. The van der Waals surface area contributed by atoms with Gasteiger partial charge in [-0.05, 0) is 61.4 Å². The minimum Gasteiger partial charge on any atom is -0.478 e. The Labute approximate surface area is 293 Å². The molecule has 0 radical (unpaired) electrons. The van der Waals surface area contributed by atoms with Crippen molar-refractivity contribution in [2.24, 2.45) is 0 Å². The number of nitrogens with zero attached hydrogens (tertiary/aromatic N) is 2. The lowest BCUT2D eigenvalue weighted by atomic mass is 10.0. The molecule has 8 heteroatoms. The third-order valence-electron chi connectivity index (χ3n) is 10.2. The van der Waals surface area contributed by atoms with Gasteiger partial charge in [0.05, 0.1) is 33.2 Å². The Morgan fingerprint density at radius 1 is 0.460 bits per heavy atom. The van der Waals surface area contributed by atoms with Crippen LogP contribution in [-0.2, 0) is 13.1 Å². The molecule has 0 amide bonds. The molecule has 0 bridgehead atoms. The summed E-state index contributed by atoms with van der Waals surface area (Å²) in [5.41, 5.74) is 2.13. The van der Waals surface area contributed by atoms with Crippen LogP contribution in [0.3, 0.4) is 0 Å². The quantitative estimate of drug-likeness (QED) is 0.0624. The Balaban J connectivity index is 1.62. The maximum absolute atomic E-state index is 14.2. The molecule has 266 valence electrons. The first-order valence-electron chi connectivity index (χ1n) is 18.8. The van der Waals surface area contributed by atoms with Gasteiger partial charge in [0.2, 0.25) is 0 Å². The summed E-state index contributed by atoms with van der Waals surface area (Å²) in [6.45, 7) is 5.65. The van der Waals surface area contributed by atoms with Crippen molar-refractivity contribution < 1.29 is 19.8 Å². The third kappa shape index (κ3) is 8.28. The largest absolute Gasteiger partial charge is 0.478 e. The molecule has 5 aromatic rings. The van der Waals surface area contributed by atoms with E-state index in [4.69, 9.17) is 0 Å². The number of benzene rings is 3. The molecule has 50 heavy (non-hydrogen) atoms. The van der Waals surface area contributed by atoms with E-state index in [1.54, 1.807) is 24.3 Å². The average Bonchev–Trinajstić information content (AvgIpc) is 3.12. The molecular weight excluding hydrogens is 628 g/mol. The van der Waals surface area contributed by atoms with Crippen LogP contribution in [0.15, 0.2) is 58.1 Å². The predicted molar refractivity (Wildman–Crippen MR) is 204 cm³/mol. The fraction of sp³-hybridized carbons (Fsp3) is 0.476. The van der Waals surface area contributed by atoms with E-state index in [2.05, 4.69) is 23.0 Å². The summed E-state index contributed by atoms with van der Waals surface area (Å²) >= 11 is 0. The topological polar surface area (TPSA) is 119 Å². The van der Waals surface area contributed by atoms with E-state index in [0.29, 0.717) is 56.7 Å². The molecule has 3 aromatic carbocycles. The van der Waals surface area contributed by atoms with E-state index < -0.39 is 11.9 Å². The number of carboxylic acids is 2. The van der Waals surface area contributed by atoms with Gasteiger partial charge in [-0.2, -0.15) is 0 Å². The summed E-state index contributed by atoms with van der Waals surface area (Å²) in [6, 6.07) is 13.0. The SMILES string of the molecule is CCCCCCCCCCn1c2ccc(C(=O)O)cc2c(=O)c2cc3c(cc21)c(=O)c1cc(C(=O)O)ccc1n3CCCCCCCCCC. The highest BCUT2D eigenvalue weighted by molar-refractivity contribution is 6.05. The molecule has 0 saturated carbocycles. The second kappa shape index (κ2) is 17.5. The van der Waals surface area contributed by atoms with E-state index in [9.17, 15) is 29.4 Å². The van der Waals surface area contributed by atoms with Gasteiger partial charge in [0.25, 0.3) is 0 Å². The molecule has 0 fully saturated rings. The maximum Gasteiger partial charge on any atom is 0.335 e. The van der Waals surface area contributed by atoms with Crippen molar-refractivity contribution in [3.8, 4) is 0 Å². The zero-order chi connectivity index (χ0) is 35.6. The monoisotopic (exact) mass is 680 g/mol. The van der Waals surface area contributed by atoms with Gasteiger partial charge in [0, 0.05) is 34.6 Å². The number of rotatable bonds is 20. The molecule has 2 aromatic heterocycles. The van der Waals surface area contributed by atoms with Gasteiger partial charge in [-0.1, -0.05) is 104 Å². The van der Waals surface area contributed by atoms with Crippen LogP contribution in [0.1, 0.15) is 137 Å². The van der Waals surface area contributed by atoms with Gasteiger partial charge in [-0.25, -0.2) is 9.59 Å². The van der Waals surface area contributed by atoms with Crippen molar-refractivity contribution in [1.82, 2.24) is 9.13 Å². The molecule has 0 unspecified atom stereocenters. The van der Waals surface area contributed by atoms with Gasteiger partial charge >= 0.3 is 11.9 Å². The van der Waals surface area contributed by atoms with Crippen molar-refractivity contribution in [3.63, 3.8) is 0 Å². The molecule has 8 nitrogen and oxygen atoms in total. The molecule has 2 N–H and O–H groups in total. The number of hydrogen-bond donors (Lipinski definition) is 2. The third-order valence-corrected chi connectivity index (χ3v) is 10.2. The van der Waals surface area contributed by atoms with E-state index in [1.165, 1.54) is 88.5 Å². The van der Waals surface area contributed by atoms with Crippen LogP contribution in [-0.4, -0.2) is 31.3 Å². The van der Waals surface area contributed by atoms with Crippen molar-refractivity contribution in [2.75, 3.05) is 0 Å². The van der Waals surface area contributed by atoms with Crippen LogP contribution in [0.25, 0.3) is 43.6 Å². The number of aryl methyl sites for hydroxylation is 2. The molecule has 2 heterocycles. The molecule has 0 aliphatic carbocycles. The number of unbranched alkanes of at least 4 members (excludes halogenated alkanes) is 14. The molecule has 0 saturated heterocycles. The Kier molecular flexibility index (Phi) is 12.9. The first-order valence-corrected chi connectivity index (χ1v) is 18.8. The minimum atomic E-state index is -1.09. The number of aromatic nitrogens is 2. The first-order chi connectivity index (χ1) is 24.3. The van der Waals surface area contributed by atoms with Crippen LogP contribution in [0.4, 0.5) is 0 Å². The van der Waals surface area contributed by atoms with E-state index in [0.717, 1.165) is 38.5 Å². The molecule has 0 spiro atoms. The molecule has 0 aliphatic rings. The second-order valence-corrected chi connectivity index (χ2v) is 13.9. The lowest BCUT2D eigenvalue weighted by Crippen LogP contribution is -2.16. The summed E-state index contributed by atoms with van der Waals surface area (Å²) in [4.78, 5) is 52.2. The Morgan fingerprint density at radius 3 is 1.12 bits per heavy atom. The molecule has 5 rings (SSSR count). The average molecular weight is 681 g/mol. The fourth-order valence-electron chi connectivity index (χ4n) is 7.40. The Bertz CT molecular complexity index is 1960. The zero-order valence-corrected chi connectivity index (χ0v) is 29.8. The summed E-state index contributed by atoms with van der Waals surface area (Å²) in [7, 11) is 0. The number of pyridine rings is 2. The highest BCUT2D eigenvalue weighted by atomic mass is 16.4. The molecule has 0 aliphatic heterocycles.